The fraction of sp³-hybridized carbons (Fsp3) is 0.636. The minimum atomic E-state index is -0.515. The van der Waals surface area contributed by atoms with Crippen molar-refractivity contribution in [3.63, 3.8) is 0 Å². The van der Waals surface area contributed by atoms with Crippen molar-refractivity contribution in [3.8, 4) is 0 Å². The maximum absolute atomic E-state index is 10.9. The largest absolute Gasteiger partial charge is 0.368 e. The van der Waals surface area contributed by atoms with Crippen molar-refractivity contribution < 1.29 is 4.92 Å². The number of hydrogen-bond acceptors (Lipinski definition) is 8. The van der Waals surface area contributed by atoms with Crippen molar-refractivity contribution in [2.45, 2.75) is 6.04 Å². The van der Waals surface area contributed by atoms with Crippen molar-refractivity contribution in [1.82, 2.24) is 19.8 Å². The second kappa shape index (κ2) is 5.97. The van der Waals surface area contributed by atoms with Crippen molar-refractivity contribution in [2.75, 3.05) is 51.3 Å². The number of hydrogen-bond donors (Lipinski definition) is 2. The lowest BCUT2D eigenvalue weighted by Crippen LogP contribution is -2.52. The van der Waals surface area contributed by atoms with Crippen LogP contribution < -0.4 is 11.1 Å². The first kappa shape index (κ1) is 14.4. The standard InChI is InChI=1S/C11H19N7O2/c1-16-3-4-17(2)8(7-16)5-13-10-9(18(19)20)6-14-11(12)15-10/h6,8H,3-5,7H2,1-2H3,(H3,12,13,14,15). The molecule has 3 N–H and O–H groups in total. The summed E-state index contributed by atoms with van der Waals surface area (Å²) in [6.07, 6.45) is 1.13. The van der Waals surface area contributed by atoms with Gasteiger partial charge >= 0.3 is 5.69 Å². The first-order valence-electron chi connectivity index (χ1n) is 6.37. The highest BCUT2D eigenvalue weighted by Gasteiger charge is 2.23. The van der Waals surface area contributed by atoms with E-state index in [1.807, 2.05) is 7.05 Å². The molecule has 20 heavy (non-hydrogen) atoms. The van der Waals surface area contributed by atoms with Gasteiger partial charge in [-0.05, 0) is 14.1 Å². The number of likely N-dealkylation sites (N-methyl/N-ethyl adjacent to an activating group) is 2. The van der Waals surface area contributed by atoms with Crippen LogP contribution in [0.4, 0.5) is 17.5 Å². The molecule has 2 rings (SSSR count). The van der Waals surface area contributed by atoms with E-state index < -0.39 is 4.92 Å². The second-order valence-electron chi connectivity index (χ2n) is 5.00. The molecule has 0 radical (unpaired) electrons. The molecule has 9 nitrogen and oxygen atoms in total. The van der Waals surface area contributed by atoms with Crippen LogP contribution in [-0.2, 0) is 0 Å². The van der Waals surface area contributed by atoms with Crippen molar-refractivity contribution in [1.29, 1.82) is 0 Å². The van der Waals surface area contributed by atoms with E-state index in [1.54, 1.807) is 0 Å². The summed E-state index contributed by atoms with van der Waals surface area (Å²) in [4.78, 5) is 22.4. The lowest BCUT2D eigenvalue weighted by atomic mass is 10.2. The van der Waals surface area contributed by atoms with Crippen LogP contribution in [0, 0.1) is 10.1 Å². The summed E-state index contributed by atoms with van der Waals surface area (Å²) in [6.45, 7) is 3.46. The first-order valence-corrected chi connectivity index (χ1v) is 6.37. The third kappa shape index (κ3) is 3.31. The molecule has 1 fully saturated rings. The summed E-state index contributed by atoms with van der Waals surface area (Å²) in [5.41, 5.74) is 5.32. The van der Waals surface area contributed by atoms with Gasteiger partial charge in [0.25, 0.3) is 0 Å². The van der Waals surface area contributed by atoms with Gasteiger partial charge in [0.05, 0.1) is 4.92 Å². The Morgan fingerprint density at radius 1 is 1.55 bits per heavy atom. The maximum atomic E-state index is 10.9. The van der Waals surface area contributed by atoms with Crippen LogP contribution in [-0.4, -0.2) is 71.0 Å². The Hall–Kier alpha value is -2.00. The molecule has 110 valence electrons. The number of rotatable bonds is 4. The lowest BCUT2D eigenvalue weighted by molar-refractivity contribution is -0.384. The molecule has 0 aromatic carbocycles. The van der Waals surface area contributed by atoms with Gasteiger partial charge in [0.1, 0.15) is 6.20 Å². The minimum absolute atomic E-state index is 0.0206. The molecule has 1 aliphatic rings. The zero-order valence-electron chi connectivity index (χ0n) is 11.6. The number of aromatic nitrogens is 2. The summed E-state index contributed by atoms with van der Waals surface area (Å²) in [5.74, 6) is 0.191. The van der Waals surface area contributed by atoms with E-state index in [0.717, 1.165) is 25.8 Å². The predicted octanol–water partition coefficient (Wildman–Crippen LogP) is -0.375. The molecule has 0 saturated carbocycles. The summed E-state index contributed by atoms with van der Waals surface area (Å²) in [5, 5.41) is 13.9. The van der Waals surface area contributed by atoms with E-state index in [2.05, 4.69) is 32.1 Å². The van der Waals surface area contributed by atoms with Crippen LogP contribution in [0.1, 0.15) is 0 Å². The minimum Gasteiger partial charge on any atom is -0.368 e. The highest BCUT2D eigenvalue weighted by atomic mass is 16.6. The Bertz CT molecular complexity index is 496. The van der Waals surface area contributed by atoms with Gasteiger partial charge in [-0.25, -0.2) is 4.98 Å². The Labute approximate surface area is 116 Å². The molecule has 9 heteroatoms. The zero-order valence-corrected chi connectivity index (χ0v) is 11.6. The van der Waals surface area contributed by atoms with Gasteiger partial charge in [-0.15, -0.1) is 0 Å². The number of anilines is 2. The van der Waals surface area contributed by atoms with Gasteiger partial charge in [0.15, 0.2) is 0 Å². The molecule has 1 unspecified atom stereocenters. The summed E-state index contributed by atoms with van der Waals surface area (Å²) >= 11 is 0. The first-order chi connectivity index (χ1) is 9.47. The Balaban J connectivity index is 2.06. The van der Waals surface area contributed by atoms with Crippen molar-refractivity contribution in [3.05, 3.63) is 16.3 Å². The lowest BCUT2D eigenvalue weighted by Gasteiger charge is -2.37. The van der Waals surface area contributed by atoms with Crippen LogP contribution in [0.15, 0.2) is 6.20 Å². The summed E-state index contributed by atoms with van der Waals surface area (Å²) in [6, 6.07) is 0.268. The van der Waals surface area contributed by atoms with Gasteiger partial charge in [0, 0.05) is 32.2 Å². The molecule has 1 aromatic rings. The average molecular weight is 281 g/mol. The van der Waals surface area contributed by atoms with E-state index in [9.17, 15) is 10.1 Å². The predicted molar refractivity (Wildman–Crippen MR) is 75.5 cm³/mol. The summed E-state index contributed by atoms with van der Waals surface area (Å²) in [7, 11) is 4.10. The molecule has 0 aliphatic carbocycles. The SMILES string of the molecule is CN1CCN(C)C(CNc2nc(N)ncc2[N+](=O)[O-])C1. The molecule has 2 heterocycles. The highest BCUT2D eigenvalue weighted by Crippen LogP contribution is 2.21. The van der Waals surface area contributed by atoms with Crippen LogP contribution in [0.2, 0.25) is 0 Å². The van der Waals surface area contributed by atoms with Gasteiger partial charge < -0.3 is 16.0 Å². The average Bonchev–Trinajstić information content (AvgIpc) is 2.39. The van der Waals surface area contributed by atoms with Crippen LogP contribution >= 0.6 is 0 Å². The van der Waals surface area contributed by atoms with Crippen LogP contribution in [0.25, 0.3) is 0 Å². The van der Waals surface area contributed by atoms with Gasteiger partial charge in [0.2, 0.25) is 11.8 Å². The molecule has 0 amide bonds. The molecular weight excluding hydrogens is 262 g/mol. The molecule has 1 atom stereocenters. The van der Waals surface area contributed by atoms with Crippen molar-refractivity contribution >= 4 is 17.5 Å². The molecule has 0 spiro atoms. The normalized spacial score (nSPS) is 20.8. The fourth-order valence-electron chi connectivity index (χ4n) is 2.19. The van der Waals surface area contributed by atoms with E-state index in [1.165, 1.54) is 0 Å². The Morgan fingerprint density at radius 2 is 2.30 bits per heavy atom. The van der Waals surface area contributed by atoms with Gasteiger partial charge in [-0.1, -0.05) is 0 Å². The molecule has 1 aliphatic heterocycles. The van der Waals surface area contributed by atoms with Crippen LogP contribution in [0.3, 0.4) is 0 Å². The van der Waals surface area contributed by atoms with E-state index in [-0.39, 0.29) is 23.5 Å². The third-order valence-corrected chi connectivity index (χ3v) is 3.47. The van der Waals surface area contributed by atoms with E-state index in [0.29, 0.717) is 6.54 Å². The monoisotopic (exact) mass is 281 g/mol. The molecule has 0 bridgehead atoms. The smallest absolute Gasteiger partial charge is 0.329 e. The maximum Gasteiger partial charge on any atom is 0.329 e. The van der Waals surface area contributed by atoms with Gasteiger partial charge in [-0.3, -0.25) is 15.0 Å². The third-order valence-electron chi connectivity index (χ3n) is 3.47. The summed E-state index contributed by atoms with van der Waals surface area (Å²) < 4.78 is 0. The number of nitrogens with one attached hydrogen (secondary N) is 1. The molecular formula is C11H19N7O2. The number of nitrogen functional groups attached to an aromatic ring is 1. The van der Waals surface area contributed by atoms with Gasteiger partial charge in [-0.2, -0.15) is 4.98 Å². The quantitative estimate of drug-likeness (QED) is 0.567. The number of nitrogens with two attached hydrogens (primary N) is 1. The van der Waals surface area contributed by atoms with E-state index in [4.69, 9.17) is 5.73 Å². The zero-order chi connectivity index (χ0) is 14.7. The highest BCUT2D eigenvalue weighted by molar-refractivity contribution is 5.56. The number of piperazine rings is 1. The Kier molecular flexibility index (Phi) is 4.30. The Morgan fingerprint density at radius 3 is 3.00 bits per heavy atom. The number of nitrogens with zero attached hydrogens (tertiary/aromatic N) is 5. The topological polar surface area (TPSA) is 113 Å². The van der Waals surface area contributed by atoms with Crippen molar-refractivity contribution in [2.24, 2.45) is 0 Å². The van der Waals surface area contributed by atoms with Crippen LogP contribution in [0.5, 0.6) is 0 Å². The molecule has 1 aromatic heterocycles. The fourth-order valence-corrected chi connectivity index (χ4v) is 2.19. The van der Waals surface area contributed by atoms with E-state index >= 15 is 0 Å². The second-order valence-corrected chi connectivity index (χ2v) is 5.00. The molecule has 1 saturated heterocycles. The number of nitro groups is 1.